The molecule has 1 heterocycles. The lowest BCUT2D eigenvalue weighted by Crippen LogP contribution is -2.35. The average Bonchev–Trinajstić information content (AvgIpc) is 2.97. The molecule has 0 aliphatic carbocycles. The summed E-state index contributed by atoms with van der Waals surface area (Å²) in [5.74, 6) is 0.565. The monoisotopic (exact) mass is 308 g/mol. The fourth-order valence-electron chi connectivity index (χ4n) is 3.45. The van der Waals surface area contributed by atoms with Crippen LogP contribution in [0.15, 0.2) is 54.6 Å². The van der Waals surface area contributed by atoms with Crippen LogP contribution in [0.25, 0.3) is 0 Å². The topological polar surface area (TPSA) is 46.3 Å². The standard InChI is InChI=1S/C20H24N2O/c1-15-11-17(13-21)14-22(15)20(23)19-10-6-5-9-18(19)12-16-7-3-2-4-8-16/h2-10,15,17H,11-14,21H2,1H3. The van der Waals surface area contributed by atoms with Gasteiger partial charge < -0.3 is 10.6 Å². The van der Waals surface area contributed by atoms with Crippen LogP contribution in [0.5, 0.6) is 0 Å². The van der Waals surface area contributed by atoms with Crippen LogP contribution in [-0.2, 0) is 6.42 Å². The van der Waals surface area contributed by atoms with E-state index in [1.165, 1.54) is 5.56 Å². The molecule has 1 aliphatic rings. The first-order valence-corrected chi connectivity index (χ1v) is 8.32. The van der Waals surface area contributed by atoms with Crippen molar-refractivity contribution in [1.29, 1.82) is 0 Å². The minimum atomic E-state index is 0.139. The SMILES string of the molecule is CC1CC(CN)CN1C(=O)c1ccccc1Cc1ccccc1. The van der Waals surface area contributed by atoms with Crippen LogP contribution in [0.4, 0.5) is 0 Å². The van der Waals surface area contributed by atoms with E-state index in [1.54, 1.807) is 0 Å². The molecule has 0 bridgehead atoms. The summed E-state index contributed by atoms with van der Waals surface area (Å²) in [7, 11) is 0. The molecule has 23 heavy (non-hydrogen) atoms. The number of amides is 1. The molecule has 1 fully saturated rings. The number of nitrogens with two attached hydrogens (primary N) is 1. The van der Waals surface area contributed by atoms with E-state index in [0.717, 1.165) is 30.5 Å². The molecule has 2 aromatic carbocycles. The summed E-state index contributed by atoms with van der Waals surface area (Å²) in [5, 5.41) is 0. The Bertz CT molecular complexity index is 668. The summed E-state index contributed by atoms with van der Waals surface area (Å²) in [6.45, 7) is 3.54. The Morgan fingerprint density at radius 2 is 1.83 bits per heavy atom. The Hall–Kier alpha value is -2.13. The van der Waals surface area contributed by atoms with Crippen LogP contribution in [0.2, 0.25) is 0 Å². The molecule has 120 valence electrons. The molecule has 2 atom stereocenters. The number of carbonyl (C=O) groups is 1. The minimum absolute atomic E-state index is 0.139. The third kappa shape index (κ3) is 3.45. The quantitative estimate of drug-likeness (QED) is 0.943. The second kappa shape index (κ2) is 6.97. The van der Waals surface area contributed by atoms with E-state index >= 15 is 0 Å². The van der Waals surface area contributed by atoms with Gasteiger partial charge in [0.2, 0.25) is 0 Å². The van der Waals surface area contributed by atoms with Gasteiger partial charge in [-0.05, 0) is 49.4 Å². The van der Waals surface area contributed by atoms with Gasteiger partial charge in [-0.2, -0.15) is 0 Å². The molecule has 3 rings (SSSR count). The van der Waals surface area contributed by atoms with Gasteiger partial charge in [-0.3, -0.25) is 4.79 Å². The molecule has 1 aliphatic heterocycles. The second-order valence-electron chi connectivity index (χ2n) is 6.46. The first-order valence-electron chi connectivity index (χ1n) is 8.32. The smallest absolute Gasteiger partial charge is 0.254 e. The van der Waals surface area contributed by atoms with Gasteiger partial charge in [-0.15, -0.1) is 0 Å². The second-order valence-corrected chi connectivity index (χ2v) is 6.46. The summed E-state index contributed by atoms with van der Waals surface area (Å²) >= 11 is 0. The molecule has 1 saturated heterocycles. The lowest BCUT2D eigenvalue weighted by atomic mass is 9.99. The van der Waals surface area contributed by atoms with Crippen molar-refractivity contribution in [2.24, 2.45) is 11.7 Å². The van der Waals surface area contributed by atoms with Gasteiger partial charge in [0, 0.05) is 18.2 Å². The number of carbonyl (C=O) groups excluding carboxylic acids is 1. The molecule has 0 saturated carbocycles. The summed E-state index contributed by atoms with van der Waals surface area (Å²) in [6, 6.07) is 18.5. The molecule has 2 unspecified atom stereocenters. The third-order valence-electron chi connectivity index (χ3n) is 4.74. The van der Waals surface area contributed by atoms with Gasteiger partial charge in [0.15, 0.2) is 0 Å². The van der Waals surface area contributed by atoms with Crippen LogP contribution in [0.3, 0.4) is 0 Å². The van der Waals surface area contributed by atoms with Gasteiger partial charge in [0.05, 0.1) is 0 Å². The molecule has 2 aromatic rings. The van der Waals surface area contributed by atoms with Gasteiger partial charge >= 0.3 is 0 Å². The summed E-state index contributed by atoms with van der Waals surface area (Å²) < 4.78 is 0. The van der Waals surface area contributed by atoms with Gasteiger partial charge in [-0.1, -0.05) is 48.5 Å². The molecule has 0 spiro atoms. The lowest BCUT2D eigenvalue weighted by Gasteiger charge is -2.23. The van der Waals surface area contributed by atoms with Crippen molar-refractivity contribution in [2.75, 3.05) is 13.1 Å². The lowest BCUT2D eigenvalue weighted by molar-refractivity contribution is 0.0742. The molecule has 0 radical (unpaired) electrons. The number of hydrogen-bond donors (Lipinski definition) is 1. The zero-order valence-electron chi connectivity index (χ0n) is 13.6. The highest BCUT2D eigenvalue weighted by molar-refractivity contribution is 5.96. The third-order valence-corrected chi connectivity index (χ3v) is 4.74. The highest BCUT2D eigenvalue weighted by Gasteiger charge is 2.32. The highest BCUT2D eigenvalue weighted by Crippen LogP contribution is 2.25. The molecule has 3 heteroatoms. The van der Waals surface area contributed by atoms with Gasteiger partial charge in [-0.25, -0.2) is 0 Å². The Kier molecular flexibility index (Phi) is 4.77. The van der Waals surface area contributed by atoms with Crippen molar-refractivity contribution in [2.45, 2.75) is 25.8 Å². The van der Waals surface area contributed by atoms with E-state index in [-0.39, 0.29) is 11.9 Å². The van der Waals surface area contributed by atoms with E-state index in [4.69, 9.17) is 5.73 Å². The fraction of sp³-hybridized carbons (Fsp3) is 0.350. The van der Waals surface area contributed by atoms with Crippen LogP contribution >= 0.6 is 0 Å². The largest absolute Gasteiger partial charge is 0.336 e. The molecule has 3 nitrogen and oxygen atoms in total. The van der Waals surface area contributed by atoms with Crippen molar-refractivity contribution in [1.82, 2.24) is 4.90 Å². The molecular weight excluding hydrogens is 284 g/mol. The Morgan fingerprint density at radius 1 is 1.13 bits per heavy atom. The molecule has 2 N–H and O–H groups in total. The highest BCUT2D eigenvalue weighted by atomic mass is 16.2. The zero-order chi connectivity index (χ0) is 16.2. The number of hydrogen-bond acceptors (Lipinski definition) is 2. The van der Waals surface area contributed by atoms with Crippen molar-refractivity contribution in [3.05, 3.63) is 71.3 Å². The maximum absolute atomic E-state index is 13.0. The van der Waals surface area contributed by atoms with Crippen LogP contribution < -0.4 is 5.73 Å². The first kappa shape index (κ1) is 15.8. The average molecular weight is 308 g/mol. The Labute approximate surface area is 138 Å². The summed E-state index contributed by atoms with van der Waals surface area (Å²) in [5.41, 5.74) is 8.93. The molecule has 1 amide bonds. The van der Waals surface area contributed by atoms with E-state index in [1.807, 2.05) is 41.3 Å². The maximum Gasteiger partial charge on any atom is 0.254 e. The fourth-order valence-corrected chi connectivity index (χ4v) is 3.45. The predicted molar refractivity (Wildman–Crippen MR) is 93.3 cm³/mol. The predicted octanol–water partition coefficient (Wildman–Crippen LogP) is 3.09. The van der Waals surface area contributed by atoms with Gasteiger partial charge in [0.25, 0.3) is 5.91 Å². The number of rotatable bonds is 4. The summed E-state index contributed by atoms with van der Waals surface area (Å²) in [4.78, 5) is 15.0. The molecular formula is C20H24N2O. The molecule has 0 aromatic heterocycles. The van der Waals surface area contributed by atoms with Crippen LogP contribution in [0, 0.1) is 5.92 Å². The van der Waals surface area contributed by atoms with Crippen LogP contribution in [-0.4, -0.2) is 29.9 Å². The number of nitrogens with zero attached hydrogens (tertiary/aromatic N) is 1. The van der Waals surface area contributed by atoms with Crippen molar-refractivity contribution in [3.8, 4) is 0 Å². The minimum Gasteiger partial charge on any atom is -0.336 e. The Morgan fingerprint density at radius 3 is 2.52 bits per heavy atom. The van der Waals surface area contributed by atoms with Crippen molar-refractivity contribution < 1.29 is 4.79 Å². The van der Waals surface area contributed by atoms with Gasteiger partial charge in [0.1, 0.15) is 0 Å². The Balaban J connectivity index is 1.84. The van der Waals surface area contributed by atoms with Crippen LogP contribution in [0.1, 0.15) is 34.8 Å². The van der Waals surface area contributed by atoms with E-state index in [2.05, 4.69) is 25.1 Å². The van der Waals surface area contributed by atoms with E-state index in [9.17, 15) is 4.79 Å². The number of benzene rings is 2. The van der Waals surface area contributed by atoms with Crippen molar-refractivity contribution in [3.63, 3.8) is 0 Å². The van der Waals surface area contributed by atoms with E-state index in [0.29, 0.717) is 12.5 Å². The van der Waals surface area contributed by atoms with Crippen molar-refractivity contribution >= 4 is 5.91 Å². The van der Waals surface area contributed by atoms with E-state index < -0.39 is 0 Å². The maximum atomic E-state index is 13.0. The normalized spacial score (nSPS) is 20.7. The summed E-state index contributed by atoms with van der Waals surface area (Å²) in [6.07, 6.45) is 1.79. The number of likely N-dealkylation sites (tertiary alicyclic amines) is 1. The zero-order valence-corrected chi connectivity index (χ0v) is 13.6. The first-order chi connectivity index (χ1) is 11.2.